The number of sulfone groups is 1. The van der Waals surface area contributed by atoms with Crippen molar-refractivity contribution in [3.05, 3.63) is 29.8 Å². The molecule has 1 rings (SSSR count). The van der Waals surface area contributed by atoms with E-state index in [1.807, 2.05) is 13.8 Å². The van der Waals surface area contributed by atoms with Gasteiger partial charge in [0.1, 0.15) is 6.04 Å². The van der Waals surface area contributed by atoms with Gasteiger partial charge in [0.15, 0.2) is 9.84 Å². The van der Waals surface area contributed by atoms with Crippen LogP contribution in [0.25, 0.3) is 0 Å². The van der Waals surface area contributed by atoms with Crippen LogP contribution in [0.5, 0.6) is 0 Å². The molecule has 9 heteroatoms. The number of nitrogens with one attached hydrogen (secondary N) is 2. The van der Waals surface area contributed by atoms with E-state index >= 15 is 0 Å². The number of benzene rings is 1. The predicted octanol–water partition coefficient (Wildman–Crippen LogP) is 0.435. The lowest BCUT2D eigenvalue weighted by molar-refractivity contribution is -0.142. The van der Waals surface area contributed by atoms with Gasteiger partial charge in [-0.2, -0.15) is 0 Å². The summed E-state index contributed by atoms with van der Waals surface area (Å²) in [6, 6.07) is 4.39. The second kappa shape index (κ2) is 8.61. The summed E-state index contributed by atoms with van der Waals surface area (Å²) in [6.45, 7) is 3.25. The fourth-order valence-electron chi connectivity index (χ4n) is 2.07. The Hall–Kier alpha value is -2.42. The fraction of sp³-hybridized carbons (Fsp3) is 0.438. The summed E-state index contributed by atoms with van der Waals surface area (Å²) in [7, 11) is -3.45. The molecule has 0 saturated carbocycles. The minimum absolute atomic E-state index is 0.00697. The van der Waals surface area contributed by atoms with E-state index in [2.05, 4.69) is 10.6 Å². The lowest BCUT2D eigenvalue weighted by Crippen LogP contribution is -2.46. The first-order chi connectivity index (χ1) is 11.5. The summed E-state index contributed by atoms with van der Waals surface area (Å²) in [4.78, 5) is 34.9. The zero-order valence-electron chi connectivity index (χ0n) is 14.3. The zero-order chi connectivity index (χ0) is 19.2. The summed E-state index contributed by atoms with van der Waals surface area (Å²) in [6.07, 6.45) is 1.30. The SMILES string of the molecule is CC(C)C[C@H](NC(=O)CNC(=O)c1cccc(S(C)(=O)=O)c1)C(=O)O. The molecule has 0 saturated heterocycles. The van der Waals surface area contributed by atoms with Crippen LogP contribution in [0.15, 0.2) is 29.2 Å². The molecule has 0 heterocycles. The van der Waals surface area contributed by atoms with Gasteiger partial charge in [0.05, 0.1) is 11.4 Å². The van der Waals surface area contributed by atoms with Crippen molar-refractivity contribution in [3.63, 3.8) is 0 Å². The van der Waals surface area contributed by atoms with Crippen LogP contribution >= 0.6 is 0 Å². The van der Waals surface area contributed by atoms with Crippen molar-refractivity contribution in [2.75, 3.05) is 12.8 Å². The Labute approximate surface area is 146 Å². The van der Waals surface area contributed by atoms with Crippen LogP contribution in [-0.4, -0.2) is 50.2 Å². The van der Waals surface area contributed by atoms with Gasteiger partial charge in [-0.05, 0) is 30.5 Å². The first-order valence-corrected chi connectivity index (χ1v) is 9.50. The smallest absolute Gasteiger partial charge is 0.326 e. The van der Waals surface area contributed by atoms with Gasteiger partial charge in [-0.1, -0.05) is 19.9 Å². The van der Waals surface area contributed by atoms with Crippen LogP contribution in [0, 0.1) is 5.92 Å². The molecule has 0 bridgehead atoms. The Kier molecular flexibility index (Phi) is 7.10. The molecule has 1 aromatic carbocycles. The highest BCUT2D eigenvalue weighted by Crippen LogP contribution is 2.11. The summed E-state index contributed by atoms with van der Waals surface area (Å²) >= 11 is 0. The second-order valence-electron chi connectivity index (χ2n) is 6.07. The normalized spacial score (nSPS) is 12.5. The lowest BCUT2D eigenvalue weighted by Gasteiger charge is -2.16. The van der Waals surface area contributed by atoms with Crippen molar-refractivity contribution in [3.8, 4) is 0 Å². The van der Waals surface area contributed by atoms with Gasteiger partial charge in [-0.25, -0.2) is 13.2 Å². The van der Waals surface area contributed by atoms with Crippen LogP contribution in [0.4, 0.5) is 0 Å². The van der Waals surface area contributed by atoms with Gasteiger partial charge in [0.25, 0.3) is 5.91 Å². The van der Waals surface area contributed by atoms with Crippen LogP contribution < -0.4 is 10.6 Å². The van der Waals surface area contributed by atoms with E-state index in [1.165, 1.54) is 24.3 Å². The van der Waals surface area contributed by atoms with Gasteiger partial charge in [-0.3, -0.25) is 9.59 Å². The van der Waals surface area contributed by atoms with E-state index < -0.39 is 40.2 Å². The Morgan fingerprint density at radius 2 is 1.84 bits per heavy atom. The first-order valence-electron chi connectivity index (χ1n) is 7.61. The molecule has 138 valence electrons. The number of amides is 2. The molecule has 0 aromatic heterocycles. The molecule has 1 atom stereocenters. The van der Waals surface area contributed by atoms with E-state index in [1.54, 1.807) is 0 Å². The molecule has 0 aliphatic carbocycles. The van der Waals surface area contributed by atoms with Crippen molar-refractivity contribution in [1.82, 2.24) is 10.6 Å². The highest BCUT2D eigenvalue weighted by atomic mass is 32.2. The monoisotopic (exact) mass is 370 g/mol. The number of hydrogen-bond acceptors (Lipinski definition) is 5. The number of hydrogen-bond donors (Lipinski definition) is 3. The second-order valence-corrected chi connectivity index (χ2v) is 8.09. The predicted molar refractivity (Wildman–Crippen MR) is 90.9 cm³/mol. The maximum atomic E-state index is 12.0. The maximum absolute atomic E-state index is 12.0. The van der Waals surface area contributed by atoms with Crippen molar-refractivity contribution < 1.29 is 27.9 Å². The Bertz CT molecular complexity index is 758. The minimum Gasteiger partial charge on any atom is -0.480 e. The van der Waals surface area contributed by atoms with E-state index in [0.29, 0.717) is 0 Å². The summed E-state index contributed by atoms with van der Waals surface area (Å²) in [5, 5.41) is 13.8. The van der Waals surface area contributed by atoms with E-state index in [0.717, 1.165) is 6.26 Å². The molecule has 0 fully saturated rings. The third-order valence-electron chi connectivity index (χ3n) is 3.27. The Morgan fingerprint density at radius 3 is 2.36 bits per heavy atom. The molecule has 1 aromatic rings. The molecule has 8 nitrogen and oxygen atoms in total. The van der Waals surface area contributed by atoms with Gasteiger partial charge in [-0.15, -0.1) is 0 Å². The molecule has 2 amide bonds. The number of rotatable bonds is 8. The molecule has 25 heavy (non-hydrogen) atoms. The summed E-state index contributed by atoms with van der Waals surface area (Å²) in [5.41, 5.74) is 0.0905. The van der Waals surface area contributed by atoms with Crippen LogP contribution in [-0.2, 0) is 19.4 Å². The van der Waals surface area contributed by atoms with Gasteiger partial charge < -0.3 is 15.7 Å². The third kappa shape index (κ3) is 6.92. The molecule has 0 unspecified atom stereocenters. The third-order valence-corrected chi connectivity index (χ3v) is 4.38. The molecule has 0 radical (unpaired) electrons. The zero-order valence-corrected chi connectivity index (χ0v) is 15.1. The van der Waals surface area contributed by atoms with E-state index in [4.69, 9.17) is 5.11 Å². The standard InChI is InChI=1S/C16H22N2O6S/c1-10(2)7-13(16(21)22)18-14(19)9-17-15(20)11-5-4-6-12(8-11)25(3,23)24/h4-6,8,10,13H,7,9H2,1-3H3,(H,17,20)(H,18,19)(H,21,22)/t13-/m0/s1. The van der Waals surface area contributed by atoms with Gasteiger partial charge in [0.2, 0.25) is 5.91 Å². The average Bonchev–Trinajstić information content (AvgIpc) is 2.50. The van der Waals surface area contributed by atoms with Crippen LogP contribution in [0.1, 0.15) is 30.6 Å². The molecular formula is C16H22N2O6S. The van der Waals surface area contributed by atoms with Gasteiger partial charge >= 0.3 is 5.97 Å². The number of carbonyl (C=O) groups is 3. The molecule has 0 aliphatic rings. The van der Waals surface area contributed by atoms with Crippen molar-refractivity contribution in [2.45, 2.75) is 31.2 Å². The topological polar surface area (TPSA) is 130 Å². The first kappa shape index (κ1) is 20.6. The quantitative estimate of drug-likeness (QED) is 0.609. The van der Waals surface area contributed by atoms with Crippen molar-refractivity contribution in [2.24, 2.45) is 5.92 Å². The molecule has 0 spiro atoms. The largest absolute Gasteiger partial charge is 0.480 e. The maximum Gasteiger partial charge on any atom is 0.326 e. The number of carboxylic acids is 1. The number of carbonyl (C=O) groups excluding carboxylic acids is 2. The highest BCUT2D eigenvalue weighted by Gasteiger charge is 2.21. The lowest BCUT2D eigenvalue weighted by atomic mass is 10.0. The number of aliphatic carboxylic acids is 1. The average molecular weight is 370 g/mol. The van der Waals surface area contributed by atoms with Gasteiger partial charge in [0, 0.05) is 11.8 Å². The van der Waals surface area contributed by atoms with E-state index in [9.17, 15) is 22.8 Å². The highest BCUT2D eigenvalue weighted by molar-refractivity contribution is 7.90. The number of carboxylic acid groups (broad SMARTS) is 1. The van der Waals surface area contributed by atoms with Crippen molar-refractivity contribution >= 4 is 27.6 Å². The fourth-order valence-corrected chi connectivity index (χ4v) is 2.74. The van der Waals surface area contributed by atoms with E-state index in [-0.39, 0.29) is 22.8 Å². The Balaban J connectivity index is 2.67. The summed E-state index contributed by atoms with van der Waals surface area (Å²) in [5.74, 6) is -2.33. The molecule has 3 N–H and O–H groups in total. The summed E-state index contributed by atoms with van der Waals surface area (Å²) < 4.78 is 23.0. The molecular weight excluding hydrogens is 348 g/mol. The molecule has 0 aliphatic heterocycles. The minimum atomic E-state index is -3.45. The van der Waals surface area contributed by atoms with Crippen LogP contribution in [0.2, 0.25) is 0 Å². The van der Waals surface area contributed by atoms with Crippen LogP contribution in [0.3, 0.4) is 0 Å². The van der Waals surface area contributed by atoms with Crippen molar-refractivity contribution in [1.29, 1.82) is 0 Å². The Morgan fingerprint density at radius 1 is 1.20 bits per heavy atom.